The first kappa shape index (κ1) is 10.8. The molecule has 0 radical (unpaired) electrons. The predicted octanol–water partition coefficient (Wildman–Crippen LogP) is 2.99. The second kappa shape index (κ2) is 3.84. The molecule has 1 aromatic carbocycles. The number of aromatic nitrogens is 2. The van der Waals surface area contributed by atoms with Gasteiger partial charge in [-0.05, 0) is 37.5 Å². The molecule has 0 unspecified atom stereocenters. The van der Waals surface area contributed by atoms with Crippen LogP contribution in [0.2, 0.25) is 0 Å². The van der Waals surface area contributed by atoms with Gasteiger partial charge in [0.25, 0.3) is 0 Å². The molecular formula is C14H19N3. The Balaban J connectivity index is 2.05. The van der Waals surface area contributed by atoms with E-state index in [-0.39, 0.29) is 5.54 Å². The van der Waals surface area contributed by atoms with Crippen molar-refractivity contribution in [1.29, 1.82) is 0 Å². The largest absolute Gasteiger partial charge is 0.340 e. The Morgan fingerprint density at radius 2 is 2.00 bits per heavy atom. The highest BCUT2D eigenvalue weighted by Gasteiger charge is 2.32. The van der Waals surface area contributed by atoms with Crippen LogP contribution in [0.4, 0.5) is 0 Å². The molecule has 1 fully saturated rings. The fourth-order valence-corrected chi connectivity index (χ4v) is 2.78. The monoisotopic (exact) mass is 229 g/mol. The summed E-state index contributed by atoms with van der Waals surface area (Å²) < 4.78 is 0. The van der Waals surface area contributed by atoms with Crippen LogP contribution in [0.15, 0.2) is 18.2 Å². The highest BCUT2D eigenvalue weighted by atomic mass is 15.0. The van der Waals surface area contributed by atoms with Crippen molar-refractivity contribution in [1.82, 2.24) is 9.97 Å². The summed E-state index contributed by atoms with van der Waals surface area (Å²) in [7, 11) is 0. The van der Waals surface area contributed by atoms with Gasteiger partial charge in [0, 0.05) is 0 Å². The Kier molecular flexibility index (Phi) is 2.44. The van der Waals surface area contributed by atoms with Crippen molar-refractivity contribution in [2.45, 2.75) is 44.6 Å². The lowest BCUT2D eigenvalue weighted by Crippen LogP contribution is -2.39. The lowest BCUT2D eigenvalue weighted by atomic mass is 9.82. The van der Waals surface area contributed by atoms with E-state index in [0.717, 1.165) is 29.7 Å². The maximum absolute atomic E-state index is 6.49. The third kappa shape index (κ3) is 1.84. The third-order valence-corrected chi connectivity index (χ3v) is 3.85. The molecule has 0 bridgehead atoms. The smallest absolute Gasteiger partial charge is 0.127 e. The average Bonchev–Trinajstić information content (AvgIpc) is 2.73. The SMILES string of the molecule is Cc1ccc2nc(C3(N)CCCCC3)[nH]c2c1. The van der Waals surface area contributed by atoms with Crippen molar-refractivity contribution in [2.75, 3.05) is 0 Å². The van der Waals surface area contributed by atoms with Gasteiger partial charge in [-0.2, -0.15) is 0 Å². The predicted molar refractivity (Wildman–Crippen MR) is 69.8 cm³/mol. The van der Waals surface area contributed by atoms with Crippen molar-refractivity contribution in [3.05, 3.63) is 29.6 Å². The number of aromatic amines is 1. The molecule has 1 heterocycles. The first-order valence-electron chi connectivity index (χ1n) is 6.43. The van der Waals surface area contributed by atoms with Crippen molar-refractivity contribution >= 4 is 11.0 Å². The minimum Gasteiger partial charge on any atom is -0.340 e. The number of H-pyrrole nitrogens is 1. The molecule has 3 rings (SSSR count). The van der Waals surface area contributed by atoms with Gasteiger partial charge >= 0.3 is 0 Å². The van der Waals surface area contributed by atoms with E-state index in [9.17, 15) is 0 Å². The van der Waals surface area contributed by atoms with Gasteiger partial charge in [0.05, 0.1) is 16.6 Å². The summed E-state index contributed by atoms with van der Waals surface area (Å²) >= 11 is 0. The Labute approximate surface area is 101 Å². The zero-order valence-electron chi connectivity index (χ0n) is 10.3. The summed E-state index contributed by atoms with van der Waals surface area (Å²) in [4.78, 5) is 8.08. The molecule has 1 aliphatic carbocycles. The quantitative estimate of drug-likeness (QED) is 0.789. The van der Waals surface area contributed by atoms with E-state index in [2.05, 4.69) is 35.1 Å². The van der Waals surface area contributed by atoms with Gasteiger partial charge < -0.3 is 10.7 Å². The molecule has 3 heteroatoms. The summed E-state index contributed by atoms with van der Waals surface area (Å²) in [5, 5.41) is 0. The fraction of sp³-hybridized carbons (Fsp3) is 0.500. The van der Waals surface area contributed by atoms with Crippen molar-refractivity contribution in [3.8, 4) is 0 Å². The second-order valence-electron chi connectivity index (χ2n) is 5.32. The second-order valence-corrected chi connectivity index (χ2v) is 5.32. The van der Waals surface area contributed by atoms with Gasteiger partial charge in [-0.3, -0.25) is 0 Å². The molecule has 0 aliphatic heterocycles. The third-order valence-electron chi connectivity index (χ3n) is 3.85. The molecule has 1 aliphatic rings. The van der Waals surface area contributed by atoms with Crippen molar-refractivity contribution in [3.63, 3.8) is 0 Å². The standard InChI is InChI=1S/C14H19N3/c1-10-5-6-11-12(9-10)17-13(16-11)14(15)7-3-2-4-8-14/h5-6,9H,2-4,7-8,15H2,1H3,(H,16,17). The van der Waals surface area contributed by atoms with Crippen LogP contribution in [0.3, 0.4) is 0 Å². The van der Waals surface area contributed by atoms with Gasteiger partial charge in [0.2, 0.25) is 0 Å². The molecular weight excluding hydrogens is 210 g/mol. The summed E-state index contributed by atoms with van der Waals surface area (Å²) in [6.07, 6.45) is 5.83. The molecule has 90 valence electrons. The van der Waals surface area contributed by atoms with Crippen LogP contribution in [0, 0.1) is 6.92 Å². The number of aryl methyl sites for hydroxylation is 1. The number of nitrogens with one attached hydrogen (secondary N) is 1. The van der Waals surface area contributed by atoms with Crippen LogP contribution in [0.5, 0.6) is 0 Å². The Bertz CT molecular complexity index is 535. The minimum atomic E-state index is -0.231. The molecule has 0 amide bonds. The zero-order valence-corrected chi connectivity index (χ0v) is 10.3. The van der Waals surface area contributed by atoms with Gasteiger partial charge in [-0.1, -0.05) is 25.3 Å². The van der Waals surface area contributed by atoms with Crippen molar-refractivity contribution < 1.29 is 0 Å². The van der Waals surface area contributed by atoms with Crippen LogP contribution >= 0.6 is 0 Å². The molecule has 3 nitrogen and oxygen atoms in total. The normalized spacial score (nSPS) is 19.6. The number of fused-ring (bicyclic) bond motifs is 1. The van der Waals surface area contributed by atoms with Crippen LogP contribution in [-0.2, 0) is 5.54 Å². The van der Waals surface area contributed by atoms with E-state index in [1.54, 1.807) is 0 Å². The van der Waals surface area contributed by atoms with E-state index < -0.39 is 0 Å². The Morgan fingerprint density at radius 3 is 2.76 bits per heavy atom. The first-order chi connectivity index (χ1) is 8.17. The number of hydrogen-bond acceptors (Lipinski definition) is 2. The lowest BCUT2D eigenvalue weighted by molar-refractivity contribution is 0.289. The Morgan fingerprint density at radius 1 is 1.24 bits per heavy atom. The lowest BCUT2D eigenvalue weighted by Gasteiger charge is -2.31. The number of benzene rings is 1. The van der Waals surface area contributed by atoms with Gasteiger partial charge in [0.1, 0.15) is 5.82 Å². The minimum absolute atomic E-state index is 0.231. The van der Waals surface area contributed by atoms with E-state index in [1.165, 1.54) is 24.8 Å². The molecule has 0 spiro atoms. The number of imidazole rings is 1. The maximum Gasteiger partial charge on any atom is 0.127 e. The Hall–Kier alpha value is -1.35. The van der Waals surface area contributed by atoms with Crippen molar-refractivity contribution in [2.24, 2.45) is 5.73 Å². The zero-order chi connectivity index (χ0) is 11.9. The van der Waals surface area contributed by atoms with Crippen LogP contribution in [-0.4, -0.2) is 9.97 Å². The van der Waals surface area contributed by atoms with E-state index in [4.69, 9.17) is 5.73 Å². The molecule has 3 N–H and O–H groups in total. The molecule has 2 aromatic rings. The van der Waals surface area contributed by atoms with E-state index in [0.29, 0.717) is 0 Å². The van der Waals surface area contributed by atoms with Gasteiger partial charge in [-0.15, -0.1) is 0 Å². The van der Waals surface area contributed by atoms with Gasteiger partial charge in [-0.25, -0.2) is 4.98 Å². The van der Waals surface area contributed by atoms with Crippen LogP contribution in [0.1, 0.15) is 43.5 Å². The molecule has 1 aromatic heterocycles. The van der Waals surface area contributed by atoms with E-state index in [1.807, 2.05) is 0 Å². The maximum atomic E-state index is 6.49. The summed E-state index contributed by atoms with van der Waals surface area (Å²) in [6.45, 7) is 2.10. The molecule has 17 heavy (non-hydrogen) atoms. The fourth-order valence-electron chi connectivity index (χ4n) is 2.78. The summed E-state index contributed by atoms with van der Waals surface area (Å²) in [6, 6.07) is 6.30. The van der Waals surface area contributed by atoms with E-state index >= 15 is 0 Å². The van der Waals surface area contributed by atoms with Crippen LogP contribution < -0.4 is 5.73 Å². The number of rotatable bonds is 1. The number of nitrogens with two attached hydrogens (primary N) is 1. The molecule has 1 saturated carbocycles. The highest BCUT2D eigenvalue weighted by Crippen LogP contribution is 2.34. The molecule has 0 saturated heterocycles. The summed E-state index contributed by atoms with van der Waals surface area (Å²) in [5.41, 5.74) is 9.65. The first-order valence-corrected chi connectivity index (χ1v) is 6.43. The number of hydrogen-bond donors (Lipinski definition) is 2. The topological polar surface area (TPSA) is 54.7 Å². The number of nitrogens with zero attached hydrogens (tertiary/aromatic N) is 1. The average molecular weight is 229 g/mol. The van der Waals surface area contributed by atoms with Crippen LogP contribution in [0.25, 0.3) is 11.0 Å². The summed E-state index contributed by atoms with van der Waals surface area (Å²) in [5.74, 6) is 0.970. The van der Waals surface area contributed by atoms with Gasteiger partial charge in [0.15, 0.2) is 0 Å². The highest BCUT2D eigenvalue weighted by molar-refractivity contribution is 5.76. The molecule has 0 atom stereocenters.